The van der Waals surface area contributed by atoms with E-state index < -0.39 is 157 Å². The third-order valence-electron chi connectivity index (χ3n) is 13.9. The Morgan fingerprint density at radius 3 is 1.58 bits per heavy atom. The molecular weight excluding hydrogens is 1120 g/mol. The standard InChI is InChI=1S/C56H96N16O14/c1-6-7-8-12-15-35(75)30-44(76)63-36(16-22-57)51(81)72-46(33(5)74)56(86)68-39(19-25-60)48(78)67-41-21-27-62-55(85)45(32(4)73)71-52(82)40(20-26-61)65-47(77)37(17-23-58)66-53(83)42(28-31(2)3)69-54(84)43(29-34-13-10-9-11-14-34)70-49(79)38(18-24-59)64-50(41)80/h9-11,13-14,31-33,36-43,45-46,73-74H,6-8,12,15-30,57-61H2,1-5H3,(H,62,85)(H,63,76)(H,64,80)(H,65,77)(H,66,83)(H,67,78)(H,68,86)(H,69,84)(H,70,79)(H,71,82)(H,72,81)/t32-,33-,36+,37+,38+,39+,40+,41+,42+,43-,45+,46+/m1/s1. The average molecular weight is 1220 g/mol. The van der Waals surface area contributed by atoms with E-state index >= 15 is 0 Å². The van der Waals surface area contributed by atoms with Crippen molar-refractivity contribution in [1.82, 2.24) is 58.5 Å². The molecule has 23 N–H and O–H groups in total. The number of carbonyl (C=O) groups excluding carboxylic acids is 12. The zero-order chi connectivity index (χ0) is 64.5. The van der Waals surface area contributed by atoms with Crippen molar-refractivity contribution in [1.29, 1.82) is 0 Å². The first-order valence-electron chi connectivity index (χ1n) is 29.6. The van der Waals surface area contributed by atoms with Gasteiger partial charge in [0.1, 0.15) is 66.2 Å². The number of nitrogens with two attached hydrogens (primary N) is 5. The highest BCUT2D eigenvalue weighted by molar-refractivity contribution is 6.01. The second-order valence-electron chi connectivity index (χ2n) is 21.8. The Labute approximate surface area is 502 Å². The predicted molar refractivity (Wildman–Crippen MR) is 317 cm³/mol. The van der Waals surface area contributed by atoms with Crippen LogP contribution in [0.4, 0.5) is 0 Å². The number of ketones is 1. The highest BCUT2D eigenvalue weighted by atomic mass is 16.3. The van der Waals surface area contributed by atoms with E-state index in [1.54, 1.807) is 44.2 Å². The van der Waals surface area contributed by atoms with E-state index in [2.05, 4.69) is 58.5 Å². The molecule has 1 saturated heterocycles. The molecule has 2 rings (SSSR count). The van der Waals surface area contributed by atoms with E-state index in [1.807, 2.05) is 6.92 Å². The van der Waals surface area contributed by atoms with Crippen molar-refractivity contribution in [3.63, 3.8) is 0 Å². The van der Waals surface area contributed by atoms with Gasteiger partial charge < -0.3 is 97.4 Å². The largest absolute Gasteiger partial charge is 0.391 e. The Bertz CT molecular complexity index is 2380. The molecule has 0 aliphatic carbocycles. The summed E-state index contributed by atoms with van der Waals surface area (Å²) in [6, 6.07) is -6.64. The zero-order valence-electron chi connectivity index (χ0n) is 50.2. The number of benzene rings is 1. The first-order chi connectivity index (χ1) is 40.8. The Morgan fingerprint density at radius 1 is 0.570 bits per heavy atom. The van der Waals surface area contributed by atoms with Crippen LogP contribution in [0.2, 0.25) is 0 Å². The number of Topliss-reactive ketones (excluding diaryl/α,β-unsaturated/α-hetero) is 1. The summed E-state index contributed by atoms with van der Waals surface area (Å²) in [4.78, 5) is 166. The van der Waals surface area contributed by atoms with E-state index in [1.165, 1.54) is 13.8 Å². The summed E-state index contributed by atoms with van der Waals surface area (Å²) in [6.45, 7) is 6.59. The first kappa shape index (κ1) is 74.9. The SMILES string of the molecule is CCCCCCC(=O)CC(=O)N[C@@H](CCN)C(=O)N[C@H](C(=O)N[C@@H](CCN)C(=O)N[C@H]1CCNC(=O)[C@H]([C@@H](C)O)NC(=O)[C@H](CCN)NC(=O)[C@H](CCN)NC(=O)[C@H](CC(C)C)NC(=O)[C@@H](Cc2ccccc2)NC(=O)[C@H](CCN)NC1=O)[C@@H](C)O. The fraction of sp³-hybridized carbons (Fsp3) is 0.679. The molecule has 12 atom stereocenters. The molecule has 0 radical (unpaired) electrons. The molecule has 30 nitrogen and oxygen atoms in total. The Morgan fingerprint density at radius 2 is 1.07 bits per heavy atom. The van der Waals surface area contributed by atoms with Gasteiger partial charge in [-0.05, 0) is 109 Å². The summed E-state index contributed by atoms with van der Waals surface area (Å²) in [5.41, 5.74) is 29.9. The Hall–Kier alpha value is -7.22. The minimum atomic E-state index is -1.77. The summed E-state index contributed by atoms with van der Waals surface area (Å²) < 4.78 is 0. The first-order valence-corrected chi connectivity index (χ1v) is 29.6. The van der Waals surface area contributed by atoms with Gasteiger partial charge >= 0.3 is 0 Å². The minimum absolute atomic E-state index is 0.0366. The topological polar surface area (TPSA) is 508 Å². The molecule has 0 saturated carbocycles. The second-order valence-corrected chi connectivity index (χ2v) is 21.8. The van der Waals surface area contributed by atoms with Crippen LogP contribution in [0, 0.1) is 5.92 Å². The molecule has 1 aliphatic heterocycles. The van der Waals surface area contributed by atoms with Gasteiger partial charge in [0.15, 0.2) is 0 Å². The smallest absolute Gasteiger partial charge is 0.245 e. The zero-order valence-corrected chi connectivity index (χ0v) is 50.2. The van der Waals surface area contributed by atoms with E-state index in [0.717, 1.165) is 19.3 Å². The second kappa shape index (κ2) is 40.2. The normalized spacial score (nSPS) is 22.3. The van der Waals surface area contributed by atoms with Crippen LogP contribution in [0.3, 0.4) is 0 Å². The maximum atomic E-state index is 14.5. The molecule has 86 heavy (non-hydrogen) atoms. The predicted octanol–water partition coefficient (Wildman–Crippen LogP) is -5.92. The molecule has 1 aliphatic rings. The lowest BCUT2D eigenvalue weighted by Crippen LogP contribution is -2.62. The number of aliphatic hydroxyl groups is 2. The molecular formula is C56H96N16O14. The number of amides is 11. The molecule has 30 heteroatoms. The van der Waals surface area contributed by atoms with Crippen LogP contribution in [-0.2, 0) is 64.0 Å². The van der Waals surface area contributed by atoms with Crippen molar-refractivity contribution in [3.05, 3.63) is 35.9 Å². The number of hydrogen-bond donors (Lipinski definition) is 18. The van der Waals surface area contributed by atoms with E-state index in [4.69, 9.17) is 28.7 Å². The van der Waals surface area contributed by atoms with Crippen LogP contribution in [-0.4, -0.2) is 193 Å². The van der Waals surface area contributed by atoms with Gasteiger partial charge in [-0.15, -0.1) is 0 Å². The van der Waals surface area contributed by atoms with Crippen molar-refractivity contribution in [2.75, 3.05) is 39.3 Å². The van der Waals surface area contributed by atoms with Gasteiger partial charge in [-0.2, -0.15) is 0 Å². The molecule has 1 fully saturated rings. The van der Waals surface area contributed by atoms with Crippen molar-refractivity contribution < 1.29 is 67.7 Å². The van der Waals surface area contributed by atoms with Crippen molar-refractivity contribution in [2.24, 2.45) is 34.6 Å². The molecule has 1 aromatic carbocycles. The van der Waals surface area contributed by atoms with Crippen molar-refractivity contribution in [3.8, 4) is 0 Å². The van der Waals surface area contributed by atoms with Gasteiger partial charge in [0.2, 0.25) is 65.0 Å². The molecule has 0 aromatic heterocycles. The molecule has 0 spiro atoms. The lowest BCUT2D eigenvalue weighted by molar-refractivity contribution is -0.137. The minimum Gasteiger partial charge on any atom is -0.391 e. The van der Waals surface area contributed by atoms with Gasteiger partial charge in [0.25, 0.3) is 0 Å². The number of rotatable bonds is 30. The number of aliphatic hydroxyl groups excluding tert-OH is 2. The van der Waals surface area contributed by atoms with Crippen LogP contribution in [0.5, 0.6) is 0 Å². The highest BCUT2D eigenvalue weighted by Gasteiger charge is 2.38. The average Bonchev–Trinajstić information content (AvgIpc) is 3.06. The maximum absolute atomic E-state index is 14.5. The highest BCUT2D eigenvalue weighted by Crippen LogP contribution is 2.12. The number of hydrogen-bond acceptors (Lipinski definition) is 19. The summed E-state index contributed by atoms with van der Waals surface area (Å²) in [5.74, 6) is -10.9. The molecule has 484 valence electrons. The van der Waals surface area contributed by atoms with Crippen LogP contribution in [0.15, 0.2) is 30.3 Å². The van der Waals surface area contributed by atoms with E-state index in [0.29, 0.717) is 12.0 Å². The van der Waals surface area contributed by atoms with Crippen LogP contribution in [0.1, 0.15) is 124 Å². The molecule has 1 aromatic rings. The molecule has 0 bridgehead atoms. The van der Waals surface area contributed by atoms with Crippen LogP contribution < -0.4 is 87.2 Å². The monoisotopic (exact) mass is 1220 g/mol. The molecule has 11 amide bonds. The fourth-order valence-corrected chi connectivity index (χ4v) is 9.13. The number of nitrogens with one attached hydrogen (secondary N) is 11. The number of carbonyl (C=O) groups is 12. The van der Waals surface area contributed by atoms with Gasteiger partial charge in [0, 0.05) is 19.4 Å². The third-order valence-corrected chi connectivity index (χ3v) is 13.9. The summed E-state index contributed by atoms with van der Waals surface area (Å²) in [6.07, 6.45) is -1.85. The quantitative estimate of drug-likeness (QED) is 0.0252. The van der Waals surface area contributed by atoms with Gasteiger partial charge in [-0.3, -0.25) is 57.5 Å². The lowest BCUT2D eigenvalue weighted by atomic mass is 10.00. The van der Waals surface area contributed by atoms with Crippen LogP contribution in [0.25, 0.3) is 0 Å². The van der Waals surface area contributed by atoms with Gasteiger partial charge in [-0.25, -0.2) is 0 Å². The maximum Gasteiger partial charge on any atom is 0.245 e. The molecule has 1 heterocycles. The number of unbranched alkanes of at least 4 members (excludes halogenated alkanes) is 3. The summed E-state index contributed by atoms with van der Waals surface area (Å²) in [5, 5.41) is 49.3. The van der Waals surface area contributed by atoms with Crippen molar-refractivity contribution in [2.45, 2.75) is 197 Å². The van der Waals surface area contributed by atoms with E-state index in [-0.39, 0.29) is 95.8 Å². The fourth-order valence-electron chi connectivity index (χ4n) is 9.13. The van der Waals surface area contributed by atoms with Crippen LogP contribution >= 0.6 is 0 Å². The third kappa shape index (κ3) is 27.0. The lowest BCUT2D eigenvalue weighted by Gasteiger charge is -2.29. The van der Waals surface area contributed by atoms with Gasteiger partial charge in [0.05, 0.1) is 18.6 Å². The van der Waals surface area contributed by atoms with Gasteiger partial charge in [-0.1, -0.05) is 70.4 Å². The molecule has 0 unspecified atom stereocenters. The summed E-state index contributed by atoms with van der Waals surface area (Å²) >= 11 is 0. The van der Waals surface area contributed by atoms with Crippen molar-refractivity contribution >= 4 is 70.8 Å². The Balaban J connectivity index is 2.67. The summed E-state index contributed by atoms with van der Waals surface area (Å²) in [7, 11) is 0. The Kier molecular flexibility index (Phi) is 35.0. The van der Waals surface area contributed by atoms with E-state index in [9.17, 15) is 67.7 Å².